The topological polar surface area (TPSA) is 80.3 Å². The first-order valence-electron chi connectivity index (χ1n) is 5.96. The first-order chi connectivity index (χ1) is 10.1. The number of esters is 1. The second-order valence-electron chi connectivity index (χ2n) is 4.01. The van der Waals surface area contributed by atoms with Crippen LogP contribution in [0.15, 0.2) is 47.1 Å². The molecule has 1 heterocycles. The number of hydrogen-bond acceptors (Lipinski definition) is 5. The number of amides is 1. The summed E-state index contributed by atoms with van der Waals surface area (Å²) in [6.07, 6.45) is 1.61. The molecule has 7 heteroatoms. The molecule has 0 aliphatic carbocycles. The summed E-state index contributed by atoms with van der Waals surface area (Å²) in [5.41, 5.74) is 6.01. The van der Waals surface area contributed by atoms with Gasteiger partial charge in [-0.2, -0.15) is 0 Å². The molecule has 2 N–H and O–H groups in total. The van der Waals surface area contributed by atoms with Crippen LogP contribution >= 0.6 is 15.9 Å². The number of rotatable bonds is 4. The third-order valence-corrected chi connectivity index (χ3v) is 3.07. The second-order valence-corrected chi connectivity index (χ2v) is 4.93. The number of aromatic nitrogens is 1. The lowest BCUT2D eigenvalue weighted by Crippen LogP contribution is -2.29. The van der Waals surface area contributed by atoms with Crippen molar-refractivity contribution >= 4 is 33.6 Å². The normalized spacial score (nSPS) is 9.81. The van der Waals surface area contributed by atoms with Crippen molar-refractivity contribution in [2.45, 2.75) is 0 Å². The van der Waals surface area contributed by atoms with Crippen molar-refractivity contribution in [3.05, 3.63) is 58.2 Å². The highest BCUT2D eigenvalue weighted by Gasteiger charge is 2.08. The Hall–Kier alpha value is -2.41. The van der Waals surface area contributed by atoms with Crippen molar-refractivity contribution in [2.24, 2.45) is 0 Å². The van der Waals surface area contributed by atoms with E-state index < -0.39 is 5.97 Å². The van der Waals surface area contributed by atoms with Gasteiger partial charge in [0.2, 0.25) is 0 Å². The Bertz CT molecular complexity index is 642. The van der Waals surface area contributed by atoms with Gasteiger partial charge in [0.15, 0.2) is 0 Å². The van der Waals surface area contributed by atoms with E-state index in [9.17, 15) is 9.59 Å². The van der Waals surface area contributed by atoms with E-state index in [4.69, 9.17) is 0 Å². The van der Waals surface area contributed by atoms with Crippen molar-refractivity contribution < 1.29 is 14.3 Å². The molecule has 1 amide bonds. The van der Waals surface area contributed by atoms with Gasteiger partial charge in [-0.05, 0) is 52.3 Å². The maximum absolute atomic E-state index is 11.9. The highest BCUT2D eigenvalue weighted by atomic mass is 79.9. The maximum Gasteiger partial charge on any atom is 0.337 e. The summed E-state index contributed by atoms with van der Waals surface area (Å²) in [7, 11) is 1.30. The summed E-state index contributed by atoms with van der Waals surface area (Å²) in [5.74, 6) is -0.270. The Morgan fingerprint density at radius 1 is 1.10 bits per heavy atom. The molecule has 0 aliphatic heterocycles. The molecule has 108 valence electrons. The van der Waals surface area contributed by atoms with Crippen molar-refractivity contribution in [3.63, 3.8) is 0 Å². The van der Waals surface area contributed by atoms with Gasteiger partial charge in [0.05, 0.1) is 12.7 Å². The Balaban J connectivity index is 1.97. The number of benzene rings is 1. The standard InChI is InChI=1S/C14H12BrN3O3/c1-21-14(20)10-4-2-9(3-5-10)13(19)18-17-12-7-6-11(15)8-16-12/h2-8H,1H3,(H,16,17)(H,18,19). The highest BCUT2D eigenvalue weighted by molar-refractivity contribution is 9.10. The molecule has 0 bridgehead atoms. The van der Waals surface area contributed by atoms with E-state index in [0.29, 0.717) is 16.9 Å². The molecule has 0 saturated heterocycles. The SMILES string of the molecule is COC(=O)c1ccc(C(=O)NNc2ccc(Br)cn2)cc1. The van der Waals surface area contributed by atoms with Crippen LogP contribution < -0.4 is 10.9 Å². The largest absolute Gasteiger partial charge is 0.465 e. The zero-order chi connectivity index (χ0) is 15.2. The Morgan fingerprint density at radius 3 is 2.33 bits per heavy atom. The zero-order valence-corrected chi connectivity index (χ0v) is 12.7. The molecule has 0 unspecified atom stereocenters. The quantitative estimate of drug-likeness (QED) is 0.654. The van der Waals surface area contributed by atoms with Gasteiger partial charge in [-0.1, -0.05) is 0 Å². The van der Waals surface area contributed by atoms with Crippen LogP contribution in [0, 0.1) is 0 Å². The number of nitrogens with zero attached hydrogens (tertiary/aromatic N) is 1. The van der Waals surface area contributed by atoms with Gasteiger partial charge in [-0.25, -0.2) is 9.78 Å². The fourth-order valence-electron chi connectivity index (χ4n) is 1.52. The van der Waals surface area contributed by atoms with E-state index >= 15 is 0 Å². The predicted octanol–water partition coefficient (Wildman–Crippen LogP) is 2.39. The van der Waals surface area contributed by atoms with Gasteiger partial charge in [0.25, 0.3) is 5.91 Å². The molecule has 0 radical (unpaired) electrons. The van der Waals surface area contributed by atoms with Crippen LogP contribution in [0.1, 0.15) is 20.7 Å². The first-order valence-corrected chi connectivity index (χ1v) is 6.76. The smallest absolute Gasteiger partial charge is 0.337 e. The van der Waals surface area contributed by atoms with Gasteiger partial charge in [-0.15, -0.1) is 0 Å². The van der Waals surface area contributed by atoms with E-state index in [1.165, 1.54) is 31.4 Å². The Morgan fingerprint density at radius 2 is 1.76 bits per heavy atom. The molecule has 21 heavy (non-hydrogen) atoms. The van der Waals surface area contributed by atoms with Crippen LogP contribution in [0.25, 0.3) is 0 Å². The lowest BCUT2D eigenvalue weighted by Gasteiger charge is -2.08. The summed E-state index contributed by atoms with van der Waals surface area (Å²) in [5, 5.41) is 0. The average molecular weight is 350 g/mol. The number of hydrogen-bond donors (Lipinski definition) is 2. The summed E-state index contributed by atoms with van der Waals surface area (Å²) < 4.78 is 5.43. The van der Waals surface area contributed by atoms with Gasteiger partial charge in [0.1, 0.15) is 5.82 Å². The molecule has 0 aliphatic rings. The summed E-state index contributed by atoms with van der Waals surface area (Å²) >= 11 is 3.27. The van der Waals surface area contributed by atoms with Crippen LogP contribution in [-0.2, 0) is 4.74 Å². The van der Waals surface area contributed by atoms with Crippen LogP contribution in [0.3, 0.4) is 0 Å². The molecule has 0 saturated carbocycles. The number of nitrogens with one attached hydrogen (secondary N) is 2. The number of anilines is 1. The maximum atomic E-state index is 11.9. The number of methoxy groups -OCH3 is 1. The third kappa shape index (κ3) is 4.03. The lowest BCUT2D eigenvalue weighted by molar-refractivity contribution is 0.0600. The van der Waals surface area contributed by atoms with Crippen LogP contribution in [0.2, 0.25) is 0 Å². The van der Waals surface area contributed by atoms with E-state index in [1.54, 1.807) is 18.3 Å². The molecule has 1 aromatic heterocycles. The van der Waals surface area contributed by atoms with Crippen molar-refractivity contribution in [3.8, 4) is 0 Å². The Kier molecular flexibility index (Phi) is 4.89. The van der Waals surface area contributed by atoms with E-state index in [1.807, 2.05) is 0 Å². The van der Waals surface area contributed by atoms with Crippen molar-refractivity contribution in [1.29, 1.82) is 0 Å². The molecule has 2 rings (SSSR count). The second kappa shape index (κ2) is 6.85. The van der Waals surface area contributed by atoms with Gasteiger partial charge in [0, 0.05) is 16.2 Å². The summed E-state index contributed by atoms with van der Waals surface area (Å²) in [6.45, 7) is 0. The van der Waals surface area contributed by atoms with Gasteiger partial charge >= 0.3 is 5.97 Å². The molecular weight excluding hydrogens is 338 g/mol. The van der Waals surface area contributed by atoms with Gasteiger partial charge in [-0.3, -0.25) is 15.6 Å². The Labute approximate surface area is 129 Å². The van der Waals surface area contributed by atoms with E-state index in [0.717, 1.165) is 4.47 Å². The zero-order valence-electron chi connectivity index (χ0n) is 11.1. The van der Waals surface area contributed by atoms with Crippen molar-refractivity contribution in [2.75, 3.05) is 12.5 Å². The number of halogens is 1. The van der Waals surface area contributed by atoms with Gasteiger partial charge < -0.3 is 4.74 Å². The molecule has 1 aromatic carbocycles. The minimum absolute atomic E-state index is 0.337. The number of hydrazine groups is 1. The fourth-order valence-corrected chi connectivity index (χ4v) is 1.75. The molecule has 6 nitrogen and oxygen atoms in total. The van der Waals surface area contributed by atoms with Crippen LogP contribution in [-0.4, -0.2) is 24.0 Å². The minimum atomic E-state index is -0.445. The average Bonchev–Trinajstić information content (AvgIpc) is 2.53. The molecule has 0 atom stereocenters. The molecule has 0 spiro atoms. The van der Waals surface area contributed by atoms with Crippen LogP contribution in [0.5, 0.6) is 0 Å². The molecule has 0 fully saturated rings. The van der Waals surface area contributed by atoms with Crippen LogP contribution in [0.4, 0.5) is 5.82 Å². The molecular formula is C14H12BrN3O3. The van der Waals surface area contributed by atoms with Crippen molar-refractivity contribution in [1.82, 2.24) is 10.4 Å². The first kappa shape index (κ1) is 15.0. The fraction of sp³-hybridized carbons (Fsp3) is 0.0714. The summed E-state index contributed by atoms with van der Waals surface area (Å²) in [6, 6.07) is 9.64. The number of carbonyl (C=O) groups is 2. The van der Waals surface area contributed by atoms with E-state index in [-0.39, 0.29) is 5.91 Å². The summed E-state index contributed by atoms with van der Waals surface area (Å²) in [4.78, 5) is 27.3. The number of carbonyl (C=O) groups excluding carboxylic acids is 2. The number of ether oxygens (including phenoxy) is 1. The third-order valence-electron chi connectivity index (χ3n) is 2.60. The minimum Gasteiger partial charge on any atom is -0.465 e. The number of pyridine rings is 1. The van der Waals surface area contributed by atoms with E-state index in [2.05, 4.69) is 36.5 Å². The lowest BCUT2D eigenvalue weighted by atomic mass is 10.1. The molecule has 2 aromatic rings. The highest BCUT2D eigenvalue weighted by Crippen LogP contribution is 2.10. The monoisotopic (exact) mass is 349 g/mol. The predicted molar refractivity (Wildman–Crippen MR) is 80.8 cm³/mol.